The van der Waals surface area contributed by atoms with E-state index in [0.717, 1.165) is 48.4 Å². The molecule has 3 heterocycles. The lowest BCUT2D eigenvalue weighted by Gasteiger charge is -2.48. The van der Waals surface area contributed by atoms with Crippen LogP contribution in [-0.4, -0.2) is 39.0 Å². The van der Waals surface area contributed by atoms with Gasteiger partial charge in [-0.05, 0) is 50.0 Å². The van der Waals surface area contributed by atoms with Crippen molar-refractivity contribution in [2.75, 3.05) is 13.1 Å². The van der Waals surface area contributed by atoms with E-state index in [-0.39, 0.29) is 5.41 Å². The van der Waals surface area contributed by atoms with Gasteiger partial charge < -0.3 is 5.11 Å². The summed E-state index contributed by atoms with van der Waals surface area (Å²) >= 11 is 1.71. The van der Waals surface area contributed by atoms with Gasteiger partial charge >= 0.3 is 5.97 Å². The molecule has 0 amide bonds. The fraction of sp³-hybridized carbons (Fsp3) is 0.708. The molecule has 30 heavy (non-hydrogen) atoms. The fourth-order valence-corrected chi connectivity index (χ4v) is 6.13. The summed E-state index contributed by atoms with van der Waals surface area (Å²) in [4.78, 5) is 26.8. The minimum atomic E-state index is -0.645. The van der Waals surface area contributed by atoms with Crippen LogP contribution < -0.4 is 0 Å². The lowest BCUT2D eigenvalue weighted by atomic mass is 9.65. The number of thiophene rings is 1. The molecule has 1 aliphatic heterocycles. The quantitative estimate of drug-likeness (QED) is 0.646. The number of piperidine rings is 1. The van der Waals surface area contributed by atoms with Gasteiger partial charge in [0.1, 0.15) is 10.3 Å². The summed E-state index contributed by atoms with van der Waals surface area (Å²) in [6, 6.07) is 2.18. The van der Waals surface area contributed by atoms with Gasteiger partial charge in [-0.1, -0.05) is 34.1 Å². The van der Waals surface area contributed by atoms with Crippen LogP contribution in [-0.2, 0) is 11.3 Å². The fourth-order valence-electron chi connectivity index (χ4n) is 5.07. The van der Waals surface area contributed by atoms with Crippen LogP contribution in [0, 0.1) is 23.7 Å². The zero-order valence-corrected chi connectivity index (χ0v) is 19.8. The molecule has 4 rings (SSSR count). The second-order valence-corrected chi connectivity index (χ2v) is 11.8. The lowest BCUT2D eigenvalue weighted by molar-refractivity contribution is -0.156. The molecule has 1 aliphatic carbocycles. The Hall–Kier alpha value is -1.53. The number of aromatic nitrogens is 2. The smallest absolute Gasteiger partial charge is 0.310 e. The molecule has 0 aromatic carbocycles. The Morgan fingerprint density at radius 1 is 1.33 bits per heavy atom. The topological polar surface area (TPSA) is 66.3 Å². The molecule has 2 fully saturated rings. The van der Waals surface area contributed by atoms with Crippen molar-refractivity contribution in [1.82, 2.24) is 14.9 Å². The van der Waals surface area contributed by atoms with Gasteiger partial charge in [-0.15, -0.1) is 11.3 Å². The molecule has 164 valence electrons. The molecule has 0 unspecified atom stereocenters. The van der Waals surface area contributed by atoms with E-state index in [0.29, 0.717) is 18.4 Å². The summed E-state index contributed by atoms with van der Waals surface area (Å²) < 4.78 is 0. The van der Waals surface area contributed by atoms with E-state index in [1.54, 1.807) is 11.3 Å². The number of fused-ring (bicyclic) bond motifs is 1. The Balaban J connectivity index is 1.61. The summed E-state index contributed by atoms with van der Waals surface area (Å²) in [6.45, 7) is 13.3. The highest BCUT2D eigenvalue weighted by Crippen LogP contribution is 2.45. The predicted molar refractivity (Wildman–Crippen MR) is 122 cm³/mol. The van der Waals surface area contributed by atoms with Crippen molar-refractivity contribution < 1.29 is 9.90 Å². The standard InChI is InChI=1S/C24H35N3O2S/c1-6-9-24(22(28)29)11-17(23(3,4)5)12-27(14-24)13-18-10-19-21(30-18)25-15(2)20(26-19)16-7-8-16/h10,16-17H,6-9,11-14H2,1-5H3,(H,28,29)/t17-,24-/m1/s1. The lowest BCUT2D eigenvalue weighted by Crippen LogP contribution is -2.53. The molecule has 2 atom stereocenters. The van der Waals surface area contributed by atoms with E-state index in [9.17, 15) is 9.90 Å². The molecule has 6 heteroatoms. The second-order valence-electron chi connectivity index (χ2n) is 10.6. The van der Waals surface area contributed by atoms with Crippen molar-refractivity contribution >= 4 is 27.7 Å². The third-order valence-electron chi connectivity index (χ3n) is 7.02. The van der Waals surface area contributed by atoms with Crippen LogP contribution >= 0.6 is 11.3 Å². The Labute approximate surface area is 183 Å². The Morgan fingerprint density at radius 2 is 2.07 bits per heavy atom. The number of likely N-dealkylation sites (tertiary alicyclic amines) is 1. The van der Waals surface area contributed by atoms with Crippen molar-refractivity contribution in [3.8, 4) is 0 Å². The van der Waals surface area contributed by atoms with E-state index < -0.39 is 11.4 Å². The van der Waals surface area contributed by atoms with Crippen LogP contribution in [0.2, 0.25) is 0 Å². The number of hydrogen-bond acceptors (Lipinski definition) is 5. The van der Waals surface area contributed by atoms with Crippen LogP contribution in [0.4, 0.5) is 0 Å². The zero-order valence-electron chi connectivity index (χ0n) is 19.0. The summed E-state index contributed by atoms with van der Waals surface area (Å²) in [5.74, 6) is 0.334. The zero-order chi connectivity index (χ0) is 21.7. The number of nitrogens with zero attached hydrogens (tertiary/aromatic N) is 3. The third kappa shape index (κ3) is 4.26. The summed E-state index contributed by atoms with van der Waals surface area (Å²) in [5, 5.41) is 10.2. The molecular formula is C24H35N3O2S. The van der Waals surface area contributed by atoms with Crippen LogP contribution in [0.3, 0.4) is 0 Å². The van der Waals surface area contributed by atoms with Gasteiger partial charge in [0.05, 0.1) is 16.8 Å². The van der Waals surface area contributed by atoms with Crippen LogP contribution in [0.5, 0.6) is 0 Å². The highest BCUT2D eigenvalue weighted by molar-refractivity contribution is 7.18. The largest absolute Gasteiger partial charge is 0.481 e. The first-order valence-electron chi connectivity index (χ1n) is 11.3. The van der Waals surface area contributed by atoms with Gasteiger partial charge in [0.2, 0.25) is 0 Å². The van der Waals surface area contributed by atoms with Crippen molar-refractivity contribution in [3.05, 3.63) is 22.3 Å². The number of aliphatic carboxylic acids is 1. The maximum absolute atomic E-state index is 12.4. The number of carbonyl (C=O) groups is 1. The maximum Gasteiger partial charge on any atom is 0.310 e. The van der Waals surface area contributed by atoms with Crippen LogP contribution in [0.25, 0.3) is 10.3 Å². The highest BCUT2D eigenvalue weighted by atomic mass is 32.1. The third-order valence-corrected chi connectivity index (χ3v) is 8.02. The minimum absolute atomic E-state index is 0.0899. The van der Waals surface area contributed by atoms with Gasteiger partial charge in [0.25, 0.3) is 0 Å². The number of rotatable bonds is 6. The molecule has 1 N–H and O–H groups in total. The first-order chi connectivity index (χ1) is 14.1. The highest BCUT2D eigenvalue weighted by Gasteiger charge is 2.47. The first kappa shape index (κ1) is 21.7. The molecular weight excluding hydrogens is 394 g/mol. The monoisotopic (exact) mass is 429 g/mol. The van der Waals surface area contributed by atoms with Crippen molar-refractivity contribution in [2.24, 2.45) is 16.7 Å². The van der Waals surface area contributed by atoms with E-state index >= 15 is 0 Å². The van der Waals surface area contributed by atoms with Crippen molar-refractivity contribution in [1.29, 1.82) is 0 Å². The number of carboxylic acid groups (broad SMARTS) is 1. The summed E-state index contributed by atoms with van der Waals surface area (Å²) in [6.07, 6.45) is 4.88. The minimum Gasteiger partial charge on any atom is -0.481 e. The van der Waals surface area contributed by atoms with Gasteiger partial charge in [-0.25, -0.2) is 9.97 Å². The van der Waals surface area contributed by atoms with E-state index in [2.05, 4.69) is 45.6 Å². The number of carboxylic acids is 1. The average molecular weight is 430 g/mol. The number of hydrogen-bond donors (Lipinski definition) is 1. The Bertz CT molecular complexity index is 944. The predicted octanol–water partition coefficient (Wildman–Crippen LogP) is 5.62. The van der Waals surface area contributed by atoms with Gasteiger partial charge in [0.15, 0.2) is 0 Å². The second kappa shape index (κ2) is 7.86. The molecule has 1 saturated heterocycles. The molecule has 2 aliphatic rings. The Morgan fingerprint density at radius 3 is 2.67 bits per heavy atom. The van der Waals surface area contributed by atoms with Gasteiger partial charge in [0, 0.05) is 30.4 Å². The van der Waals surface area contributed by atoms with Crippen molar-refractivity contribution in [2.45, 2.75) is 79.2 Å². The molecule has 1 saturated carbocycles. The van der Waals surface area contributed by atoms with E-state index in [1.807, 2.05) is 0 Å². The molecule has 0 radical (unpaired) electrons. The van der Waals surface area contributed by atoms with E-state index in [4.69, 9.17) is 9.97 Å². The molecule has 5 nitrogen and oxygen atoms in total. The number of aryl methyl sites for hydroxylation is 1. The van der Waals surface area contributed by atoms with Crippen molar-refractivity contribution in [3.63, 3.8) is 0 Å². The SMILES string of the molecule is CCC[C@@]1(C(=O)O)C[C@@H](C(C)(C)C)CN(Cc2cc3nc(C4CC4)c(C)nc3s2)C1. The van der Waals surface area contributed by atoms with Gasteiger partial charge in [-0.2, -0.15) is 0 Å². The molecule has 2 aromatic rings. The normalized spacial score (nSPS) is 25.7. The maximum atomic E-state index is 12.4. The van der Waals surface area contributed by atoms with Gasteiger partial charge in [-0.3, -0.25) is 9.69 Å². The van der Waals surface area contributed by atoms with Crippen LogP contribution in [0.1, 0.15) is 82.0 Å². The molecule has 0 bridgehead atoms. The summed E-state index contributed by atoms with van der Waals surface area (Å²) in [5.41, 5.74) is 2.69. The first-order valence-corrected chi connectivity index (χ1v) is 12.2. The Kier molecular flexibility index (Phi) is 5.69. The van der Waals surface area contributed by atoms with E-state index in [1.165, 1.54) is 23.4 Å². The van der Waals surface area contributed by atoms with Crippen LogP contribution in [0.15, 0.2) is 6.07 Å². The average Bonchev–Trinajstić information content (AvgIpc) is 3.41. The summed E-state index contributed by atoms with van der Waals surface area (Å²) in [7, 11) is 0. The molecule has 0 spiro atoms. The molecule has 2 aromatic heterocycles.